The second-order valence-electron chi connectivity index (χ2n) is 5.82. The highest BCUT2D eigenvalue weighted by atomic mass is 35.5. The molecule has 3 aromatic rings. The summed E-state index contributed by atoms with van der Waals surface area (Å²) >= 11 is 6.49. The summed E-state index contributed by atoms with van der Waals surface area (Å²) in [7, 11) is 1.45. The van der Waals surface area contributed by atoms with Gasteiger partial charge in [-0.15, -0.1) is 10.2 Å². The molecule has 136 valence electrons. The lowest BCUT2D eigenvalue weighted by Gasteiger charge is -2.12. The number of carbonyl (C=O) groups is 1. The van der Waals surface area contributed by atoms with E-state index in [-0.39, 0.29) is 12.5 Å². The Kier molecular flexibility index (Phi) is 5.51. The lowest BCUT2D eigenvalue weighted by molar-refractivity contribution is -0.119. The van der Waals surface area contributed by atoms with E-state index in [1.807, 2.05) is 30.5 Å². The molecule has 0 aliphatic carbocycles. The Morgan fingerprint density at radius 1 is 1.31 bits per heavy atom. The van der Waals surface area contributed by atoms with E-state index in [2.05, 4.69) is 22.4 Å². The highest BCUT2D eigenvalue weighted by molar-refractivity contribution is 6.33. The molecule has 2 heterocycles. The van der Waals surface area contributed by atoms with E-state index < -0.39 is 0 Å². The van der Waals surface area contributed by atoms with Crippen molar-refractivity contribution in [3.05, 3.63) is 46.6 Å². The molecule has 0 bridgehead atoms. The zero-order valence-electron chi connectivity index (χ0n) is 14.6. The molecule has 0 fully saturated rings. The molecular weight excluding hydrogens is 354 g/mol. The molecule has 0 saturated heterocycles. The first-order chi connectivity index (χ1) is 12.6. The summed E-state index contributed by atoms with van der Waals surface area (Å²) in [6.45, 7) is 2.34. The number of hydrogen-bond acceptors (Lipinski definition) is 5. The van der Waals surface area contributed by atoms with Gasteiger partial charge in [-0.3, -0.25) is 14.5 Å². The number of nitrogens with two attached hydrogens (primary N) is 1. The van der Waals surface area contributed by atoms with Gasteiger partial charge in [0.25, 0.3) is 5.91 Å². The van der Waals surface area contributed by atoms with E-state index in [1.54, 1.807) is 4.40 Å². The second kappa shape index (κ2) is 7.82. The highest BCUT2D eigenvalue weighted by Crippen LogP contribution is 2.32. The van der Waals surface area contributed by atoms with Gasteiger partial charge in [-0.05, 0) is 29.7 Å². The van der Waals surface area contributed by atoms with Crippen molar-refractivity contribution in [1.29, 1.82) is 0 Å². The predicted molar refractivity (Wildman–Crippen MR) is 101 cm³/mol. The minimum Gasteiger partial charge on any atom is -0.375 e. The number of nitrogens with zero attached hydrogens (tertiary/aromatic N) is 3. The molecule has 1 amide bonds. The van der Waals surface area contributed by atoms with E-state index in [1.165, 1.54) is 7.11 Å². The number of carbonyl (C=O) groups excluding carboxylic acids is 1. The maximum atomic E-state index is 11.8. The molecule has 26 heavy (non-hydrogen) atoms. The Morgan fingerprint density at radius 3 is 2.77 bits per heavy atom. The van der Waals surface area contributed by atoms with Crippen LogP contribution in [0.25, 0.3) is 16.8 Å². The summed E-state index contributed by atoms with van der Waals surface area (Å²) in [5, 5.41) is 11.4. The number of halogens is 1. The number of ether oxygens (including phenoxy) is 1. The number of fused-ring (bicyclic) bond motifs is 1. The van der Waals surface area contributed by atoms with Crippen LogP contribution in [-0.4, -0.2) is 34.2 Å². The molecule has 0 saturated carbocycles. The molecule has 3 N–H and O–H groups in total. The van der Waals surface area contributed by atoms with E-state index in [0.717, 1.165) is 28.7 Å². The van der Waals surface area contributed by atoms with E-state index in [9.17, 15) is 4.79 Å². The van der Waals surface area contributed by atoms with Crippen LogP contribution in [0.3, 0.4) is 0 Å². The van der Waals surface area contributed by atoms with Crippen molar-refractivity contribution >= 4 is 29.1 Å². The third-order valence-corrected chi connectivity index (χ3v) is 4.42. The van der Waals surface area contributed by atoms with Crippen molar-refractivity contribution in [2.75, 3.05) is 19.0 Å². The number of aromatic nitrogens is 3. The first-order valence-corrected chi connectivity index (χ1v) is 8.60. The number of benzene rings is 1. The van der Waals surface area contributed by atoms with Gasteiger partial charge >= 0.3 is 0 Å². The molecule has 0 aliphatic heterocycles. The van der Waals surface area contributed by atoms with Gasteiger partial charge in [-0.2, -0.15) is 0 Å². The van der Waals surface area contributed by atoms with Crippen LogP contribution in [0.5, 0.6) is 0 Å². The van der Waals surface area contributed by atoms with E-state index in [0.29, 0.717) is 23.2 Å². The molecule has 7 nitrogen and oxygen atoms in total. The zero-order chi connectivity index (χ0) is 18.7. The lowest BCUT2D eigenvalue weighted by Crippen LogP contribution is -2.19. The Hall–Kier alpha value is -2.48. The summed E-state index contributed by atoms with van der Waals surface area (Å²) in [5.74, 6) is 0.00440. The van der Waals surface area contributed by atoms with Gasteiger partial charge in [0.05, 0.1) is 0 Å². The SMILES string of the molecule is CCc1ccc(-c2cn3c(NC(=O)COC)nnc3cc2CN)c(Cl)c1. The van der Waals surface area contributed by atoms with Gasteiger partial charge in [-0.1, -0.05) is 30.7 Å². The standard InChI is InChI=1S/C18H20ClN5O2/c1-3-11-4-5-13(15(19)6-11)14-9-24-16(7-12(14)8-20)22-23-18(24)21-17(25)10-26-2/h4-7,9H,3,8,10,20H2,1-2H3,(H,21,23,25). The van der Waals surface area contributed by atoms with Crippen molar-refractivity contribution in [2.24, 2.45) is 5.73 Å². The number of nitrogens with one attached hydrogen (secondary N) is 1. The van der Waals surface area contributed by atoms with Gasteiger partial charge < -0.3 is 10.5 Å². The number of aryl methyl sites for hydroxylation is 1. The molecule has 0 radical (unpaired) electrons. The first kappa shape index (κ1) is 18.3. The van der Waals surface area contributed by atoms with Crippen molar-refractivity contribution in [1.82, 2.24) is 14.6 Å². The molecular formula is C18H20ClN5O2. The number of rotatable bonds is 6. The summed E-state index contributed by atoms with van der Waals surface area (Å²) in [6.07, 6.45) is 2.75. The molecule has 0 aliphatic rings. The van der Waals surface area contributed by atoms with Crippen molar-refractivity contribution in [2.45, 2.75) is 19.9 Å². The van der Waals surface area contributed by atoms with Crippen LogP contribution in [0, 0.1) is 0 Å². The van der Waals surface area contributed by atoms with Crippen molar-refractivity contribution in [3.8, 4) is 11.1 Å². The van der Waals surface area contributed by atoms with Crippen LogP contribution in [0.2, 0.25) is 5.02 Å². The topological polar surface area (TPSA) is 94.5 Å². The molecule has 3 rings (SSSR count). The second-order valence-corrected chi connectivity index (χ2v) is 6.22. The van der Waals surface area contributed by atoms with Gasteiger partial charge in [0.1, 0.15) is 6.61 Å². The van der Waals surface area contributed by atoms with Crippen molar-refractivity contribution in [3.63, 3.8) is 0 Å². The maximum absolute atomic E-state index is 11.8. The number of hydrogen-bond donors (Lipinski definition) is 2. The molecule has 2 aromatic heterocycles. The fraction of sp³-hybridized carbons (Fsp3) is 0.278. The van der Waals surface area contributed by atoms with Gasteiger partial charge in [0, 0.05) is 36.0 Å². The Morgan fingerprint density at radius 2 is 2.12 bits per heavy atom. The minimum absolute atomic E-state index is 0.0625. The first-order valence-electron chi connectivity index (χ1n) is 8.22. The summed E-state index contributed by atoms with van der Waals surface area (Å²) in [4.78, 5) is 11.8. The fourth-order valence-corrected chi connectivity index (χ4v) is 3.07. The highest BCUT2D eigenvalue weighted by Gasteiger charge is 2.15. The zero-order valence-corrected chi connectivity index (χ0v) is 15.4. The molecule has 0 spiro atoms. The molecule has 1 aromatic carbocycles. The smallest absolute Gasteiger partial charge is 0.252 e. The van der Waals surface area contributed by atoms with Gasteiger partial charge in [0.2, 0.25) is 5.95 Å². The van der Waals surface area contributed by atoms with Crippen LogP contribution in [0.1, 0.15) is 18.1 Å². The predicted octanol–water partition coefficient (Wildman–Crippen LogP) is 2.66. The average Bonchev–Trinajstić information content (AvgIpc) is 3.02. The van der Waals surface area contributed by atoms with Crippen LogP contribution in [-0.2, 0) is 22.5 Å². The van der Waals surface area contributed by atoms with Crippen LogP contribution in [0.15, 0.2) is 30.5 Å². The molecule has 8 heteroatoms. The number of methoxy groups -OCH3 is 1. The molecule has 0 atom stereocenters. The Bertz CT molecular complexity index is 954. The third kappa shape index (κ3) is 3.55. The van der Waals surface area contributed by atoms with Crippen molar-refractivity contribution < 1.29 is 9.53 Å². The van der Waals surface area contributed by atoms with Crippen LogP contribution < -0.4 is 11.1 Å². The monoisotopic (exact) mass is 373 g/mol. The van der Waals surface area contributed by atoms with E-state index >= 15 is 0 Å². The van der Waals surface area contributed by atoms with Crippen LogP contribution >= 0.6 is 11.6 Å². The molecule has 0 unspecified atom stereocenters. The average molecular weight is 374 g/mol. The summed E-state index contributed by atoms with van der Waals surface area (Å²) < 4.78 is 6.53. The van der Waals surface area contributed by atoms with Gasteiger partial charge in [-0.25, -0.2) is 0 Å². The lowest BCUT2D eigenvalue weighted by atomic mass is 10.00. The number of anilines is 1. The normalized spacial score (nSPS) is 11.1. The largest absolute Gasteiger partial charge is 0.375 e. The Labute approximate surface area is 156 Å². The van der Waals surface area contributed by atoms with Crippen LogP contribution in [0.4, 0.5) is 5.95 Å². The fourth-order valence-electron chi connectivity index (χ4n) is 2.76. The number of pyridine rings is 1. The Balaban J connectivity index is 2.11. The summed E-state index contributed by atoms with van der Waals surface area (Å²) in [5.41, 5.74) is 10.3. The quantitative estimate of drug-likeness (QED) is 0.692. The summed E-state index contributed by atoms with van der Waals surface area (Å²) in [6, 6.07) is 7.82. The minimum atomic E-state index is -0.309. The maximum Gasteiger partial charge on any atom is 0.252 e. The van der Waals surface area contributed by atoms with Gasteiger partial charge in [0.15, 0.2) is 5.65 Å². The number of amides is 1. The van der Waals surface area contributed by atoms with E-state index in [4.69, 9.17) is 22.1 Å². The third-order valence-electron chi connectivity index (χ3n) is 4.11.